The lowest BCUT2D eigenvalue weighted by molar-refractivity contribution is -0.227. The van der Waals surface area contributed by atoms with Gasteiger partial charge in [-0.1, -0.05) is 90.9 Å². The third-order valence-electron chi connectivity index (χ3n) is 9.52. The Morgan fingerprint density at radius 2 is 1.44 bits per heavy atom. The van der Waals surface area contributed by atoms with E-state index in [0.717, 1.165) is 49.3 Å². The SMILES string of the molecule is CCCCCCCCCC1(CCCCCCCCC)O[C@@H]2[C@H](O1)[C@@H](COP(OCCC#N)N(C(C)C)C(C)C)O[C@H]2n1cc(F)c(=O)[nH]c1=O. The number of nitrogens with zero attached hydrogens (tertiary/aromatic N) is 3. The van der Waals surface area contributed by atoms with E-state index in [1.54, 1.807) is 0 Å². The lowest BCUT2D eigenvalue weighted by Crippen LogP contribution is -2.39. The van der Waals surface area contributed by atoms with Gasteiger partial charge in [0, 0.05) is 24.9 Å². The van der Waals surface area contributed by atoms with Gasteiger partial charge < -0.3 is 23.3 Å². The van der Waals surface area contributed by atoms with Crippen molar-refractivity contribution in [3.05, 3.63) is 32.9 Å². The van der Waals surface area contributed by atoms with Gasteiger partial charge in [-0.3, -0.25) is 14.3 Å². The molecule has 3 rings (SSSR count). The highest BCUT2D eigenvalue weighted by molar-refractivity contribution is 7.44. The summed E-state index contributed by atoms with van der Waals surface area (Å²) in [6, 6.07) is 2.34. The molecular weight excluding hydrogens is 662 g/mol. The molecule has 286 valence electrons. The molecule has 1 aromatic rings. The Balaban J connectivity index is 1.86. The zero-order valence-corrected chi connectivity index (χ0v) is 32.4. The normalized spacial score (nSPS) is 22.1. The number of nitriles is 1. The first-order chi connectivity index (χ1) is 24.1. The van der Waals surface area contributed by atoms with Gasteiger partial charge in [0.25, 0.3) is 14.1 Å². The van der Waals surface area contributed by atoms with Crippen LogP contribution in [-0.4, -0.2) is 63.6 Å². The number of aromatic amines is 1. The Morgan fingerprint density at radius 1 is 0.900 bits per heavy atom. The Labute approximate surface area is 300 Å². The van der Waals surface area contributed by atoms with E-state index >= 15 is 0 Å². The Hall–Kier alpha value is -1.71. The summed E-state index contributed by atoms with van der Waals surface area (Å²) in [5, 5.41) is 9.13. The smallest absolute Gasteiger partial charge is 0.330 e. The van der Waals surface area contributed by atoms with Crippen LogP contribution in [0.25, 0.3) is 0 Å². The summed E-state index contributed by atoms with van der Waals surface area (Å²) in [5.74, 6) is -1.96. The van der Waals surface area contributed by atoms with Crippen LogP contribution in [0.15, 0.2) is 15.8 Å². The number of H-pyrrole nitrogens is 1. The van der Waals surface area contributed by atoms with Crippen molar-refractivity contribution in [2.75, 3.05) is 13.2 Å². The average molecular weight is 727 g/mol. The van der Waals surface area contributed by atoms with E-state index in [1.165, 1.54) is 51.4 Å². The summed E-state index contributed by atoms with van der Waals surface area (Å²) in [5.41, 5.74) is -1.87. The van der Waals surface area contributed by atoms with E-state index in [2.05, 4.69) is 57.3 Å². The van der Waals surface area contributed by atoms with Crippen LogP contribution in [0.2, 0.25) is 0 Å². The highest BCUT2D eigenvalue weighted by Crippen LogP contribution is 2.50. The second-order valence-corrected chi connectivity index (χ2v) is 15.8. The van der Waals surface area contributed by atoms with Crippen molar-refractivity contribution in [2.45, 2.75) is 193 Å². The molecule has 0 amide bonds. The molecule has 1 aromatic heterocycles. The van der Waals surface area contributed by atoms with Gasteiger partial charge in [-0.25, -0.2) is 9.46 Å². The number of ether oxygens (including phenoxy) is 3. The Kier molecular flexibility index (Phi) is 19.1. The highest BCUT2D eigenvalue weighted by atomic mass is 31.2. The zero-order chi connectivity index (χ0) is 36.5. The molecule has 2 saturated heterocycles. The summed E-state index contributed by atoms with van der Waals surface area (Å²) in [4.78, 5) is 27.0. The maximum Gasteiger partial charge on any atom is 0.330 e. The molecule has 0 aliphatic carbocycles. The number of halogens is 1. The number of fused-ring (bicyclic) bond motifs is 1. The van der Waals surface area contributed by atoms with E-state index in [0.29, 0.717) is 12.8 Å². The van der Waals surface area contributed by atoms with Crippen molar-refractivity contribution in [3.63, 3.8) is 0 Å². The summed E-state index contributed by atoms with van der Waals surface area (Å²) in [6.45, 7) is 13.0. The van der Waals surface area contributed by atoms with E-state index < -0.39 is 55.9 Å². The fourth-order valence-electron chi connectivity index (χ4n) is 7.02. The van der Waals surface area contributed by atoms with Crippen LogP contribution in [0.1, 0.15) is 157 Å². The third-order valence-corrected chi connectivity index (χ3v) is 11.6. The molecule has 2 aliphatic heterocycles. The second kappa shape index (κ2) is 22.4. The van der Waals surface area contributed by atoms with Gasteiger partial charge >= 0.3 is 5.69 Å². The van der Waals surface area contributed by atoms with Gasteiger partial charge in [-0.05, 0) is 40.5 Å². The van der Waals surface area contributed by atoms with Gasteiger partial charge in [-0.2, -0.15) is 9.65 Å². The molecule has 1 N–H and O–H groups in total. The van der Waals surface area contributed by atoms with E-state index in [1.807, 2.05) is 0 Å². The highest BCUT2D eigenvalue weighted by Gasteiger charge is 2.58. The van der Waals surface area contributed by atoms with Crippen LogP contribution in [0, 0.1) is 17.1 Å². The molecular formula is C37H64FN4O7P. The predicted octanol–water partition coefficient (Wildman–Crippen LogP) is 8.63. The molecule has 3 heterocycles. The van der Waals surface area contributed by atoms with Gasteiger partial charge in [0.1, 0.15) is 18.3 Å². The average Bonchev–Trinajstić information content (AvgIpc) is 3.60. The molecule has 0 radical (unpaired) electrons. The number of nitrogens with one attached hydrogen (secondary N) is 1. The van der Waals surface area contributed by atoms with Gasteiger partial charge in [0.2, 0.25) is 5.82 Å². The first-order valence-corrected chi connectivity index (χ1v) is 20.4. The van der Waals surface area contributed by atoms with Crippen LogP contribution < -0.4 is 11.2 Å². The molecule has 5 atom stereocenters. The molecule has 11 nitrogen and oxygen atoms in total. The molecule has 2 fully saturated rings. The summed E-state index contributed by atoms with van der Waals surface area (Å²) in [6.07, 6.45) is 15.7. The van der Waals surface area contributed by atoms with E-state index in [9.17, 15) is 14.0 Å². The lowest BCUT2D eigenvalue weighted by Gasteiger charge is -2.36. The van der Waals surface area contributed by atoms with Crippen molar-refractivity contribution in [3.8, 4) is 6.07 Å². The minimum Gasteiger partial charge on any atom is -0.346 e. The van der Waals surface area contributed by atoms with E-state index in [4.69, 9.17) is 28.5 Å². The summed E-state index contributed by atoms with van der Waals surface area (Å²) < 4.78 is 50.5. The number of hydrogen-bond acceptors (Lipinski definition) is 9. The molecule has 0 bridgehead atoms. The quantitative estimate of drug-likeness (QED) is 0.0737. The number of hydrogen-bond donors (Lipinski definition) is 1. The molecule has 13 heteroatoms. The first-order valence-electron chi connectivity index (χ1n) is 19.3. The number of rotatable bonds is 26. The Bertz CT molecular complexity index is 1250. The second-order valence-electron chi connectivity index (χ2n) is 14.4. The minimum atomic E-state index is -1.56. The molecule has 0 aromatic carbocycles. The molecule has 2 aliphatic rings. The van der Waals surface area contributed by atoms with Gasteiger partial charge in [-0.15, -0.1) is 0 Å². The summed E-state index contributed by atoms with van der Waals surface area (Å²) in [7, 11) is -1.56. The topological polar surface area (TPSA) is 128 Å². The first kappa shape index (κ1) is 42.7. The van der Waals surface area contributed by atoms with Gasteiger partial charge in [0.05, 0.1) is 31.9 Å². The molecule has 0 spiro atoms. The maximum atomic E-state index is 14.6. The maximum absolute atomic E-state index is 14.6. The third kappa shape index (κ3) is 12.8. The van der Waals surface area contributed by atoms with Crippen LogP contribution in [0.5, 0.6) is 0 Å². The van der Waals surface area contributed by atoms with Gasteiger partial charge in [0.15, 0.2) is 12.0 Å². The van der Waals surface area contributed by atoms with Crippen LogP contribution in [0.3, 0.4) is 0 Å². The number of aromatic nitrogens is 2. The van der Waals surface area contributed by atoms with Crippen molar-refractivity contribution >= 4 is 8.53 Å². The summed E-state index contributed by atoms with van der Waals surface area (Å²) >= 11 is 0. The van der Waals surface area contributed by atoms with Crippen LogP contribution >= 0.6 is 8.53 Å². The zero-order valence-electron chi connectivity index (χ0n) is 31.5. The van der Waals surface area contributed by atoms with E-state index in [-0.39, 0.29) is 31.7 Å². The molecule has 1 unspecified atom stereocenters. The van der Waals surface area contributed by atoms with Crippen molar-refractivity contribution in [1.29, 1.82) is 5.26 Å². The lowest BCUT2D eigenvalue weighted by atomic mass is 9.98. The molecule has 50 heavy (non-hydrogen) atoms. The van der Waals surface area contributed by atoms with Crippen LogP contribution in [0.4, 0.5) is 4.39 Å². The fraction of sp³-hybridized carbons (Fsp3) is 0.865. The Morgan fingerprint density at radius 3 is 1.98 bits per heavy atom. The largest absolute Gasteiger partial charge is 0.346 e. The number of unbranched alkanes of at least 4 members (excludes halogenated alkanes) is 12. The van der Waals surface area contributed by atoms with Crippen molar-refractivity contribution in [1.82, 2.24) is 14.2 Å². The van der Waals surface area contributed by atoms with Crippen LogP contribution in [-0.2, 0) is 23.3 Å². The van der Waals surface area contributed by atoms with Crippen molar-refractivity contribution < 1.29 is 27.6 Å². The predicted molar refractivity (Wildman–Crippen MR) is 194 cm³/mol. The monoisotopic (exact) mass is 726 g/mol. The molecule has 0 saturated carbocycles. The standard InChI is InChI=1S/C37H64FN4O7P/c1-7-9-11-13-15-17-19-22-37(23-20-18-16-14-12-10-8-2)48-32-31(27-46-50(45-25-21-24-39)42(28(3)4)29(5)6)47-35(33(32)49-37)41-26-30(38)34(43)40-36(41)44/h26,28-29,31-33,35H,7-23,25,27H2,1-6H3,(H,40,43,44)/t31-,32-,33-,35-,50?/m1/s1. The minimum absolute atomic E-state index is 0.0702. The fourth-order valence-corrected chi connectivity index (χ4v) is 8.64. The van der Waals surface area contributed by atoms with Crippen molar-refractivity contribution in [2.24, 2.45) is 0 Å².